The summed E-state index contributed by atoms with van der Waals surface area (Å²) in [6.45, 7) is 2.27. The minimum absolute atomic E-state index is 0.565. The Bertz CT molecular complexity index is 70.8. The fraction of sp³-hybridized carbons (Fsp3) is 1.00. The summed E-state index contributed by atoms with van der Waals surface area (Å²) >= 11 is 0. The molecule has 1 fully saturated rings. The summed E-state index contributed by atoms with van der Waals surface area (Å²) in [4.78, 5) is 0. The molecule has 0 aromatic heterocycles. The Hall–Kier alpha value is -0.0400. The SMILES string of the molecule is CO[C@@H]1CCCC1C. The number of hydrogen-bond acceptors (Lipinski definition) is 1. The van der Waals surface area contributed by atoms with Gasteiger partial charge in [-0.15, -0.1) is 0 Å². The third-order valence-corrected chi connectivity index (χ3v) is 2.09. The third kappa shape index (κ3) is 1.03. The molecular weight excluding hydrogens is 100 g/mol. The van der Waals surface area contributed by atoms with Crippen molar-refractivity contribution in [2.75, 3.05) is 7.11 Å². The Balaban J connectivity index is 2.30. The molecule has 0 N–H and O–H groups in total. The molecule has 1 aliphatic carbocycles. The minimum atomic E-state index is 0.565. The van der Waals surface area contributed by atoms with Gasteiger partial charge in [0, 0.05) is 7.11 Å². The van der Waals surface area contributed by atoms with Crippen molar-refractivity contribution in [2.45, 2.75) is 32.3 Å². The van der Waals surface area contributed by atoms with E-state index in [2.05, 4.69) is 6.92 Å². The molecule has 0 aromatic carbocycles. The Kier molecular flexibility index (Phi) is 1.90. The van der Waals surface area contributed by atoms with E-state index >= 15 is 0 Å². The van der Waals surface area contributed by atoms with Crippen LogP contribution in [0.4, 0.5) is 0 Å². The normalized spacial score (nSPS) is 38.2. The second-order valence-corrected chi connectivity index (χ2v) is 2.68. The van der Waals surface area contributed by atoms with Crippen LogP contribution in [0.3, 0.4) is 0 Å². The van der Waals surface area contributed by atoms with Gasteiger partial charge in [-0.1, -0.05) is 13.3 Å². The van der Waals surface area contributed by atoms with Crippen LogP contribution >= 0.6 is 0 Å². The van der Waals surface area contributed by atoms with Gasteiger partial charge in [0.05, 0.1) is 6.10 Å². The lowest BCUT2D eigenvalue weighted by molar-refractivity contribution is 0.0775. The maximum atomic E-state index is 5.22. The highest BCUT2D eigenvalue weighted by molar-refractivity contribution is 4.73. The zero-order valence-electron chi connectivity index (χ0n) is 5.68. The molecular formula is C7H14O. The van der Waals surface area contributed by atoms with Gasteiger partial charge in [0.15, 0.2) is 0 Å². The molecule has 1 aliphatic rings. The summed E-state index contributed by atoms with van der Waals surface area (Å²) in [5, 5.41) is 0. The van der Waals surface area contributed by atoms with Crippen LogP contribution in [0.25, 0.3) is 0 Å². The Labute approximate surface area is 51.0 Å². The average Bonchev–Trinajstić information content (AvgIpc) is 2.14. The Morgan fingerprint density at radius 3 is 2.38 bits per heavy atom. The summed E-state index contributed by atoms with van der Waals surface area (Å²) in [6, 6.07) is 0. The number of ether oxygens (including phenoxy) is 1. The van der Waals surface area contributed by atoms with Crippen molar-refractivity contribution in [3.63, 3.8) is 0 Å². The van der Waals surface area contributed by atoms with Crippen molar-refractivity contribution < 1.29 is 4.74 Å². The largest absolute Gasteiger partial charge is 0.381 e. The monoisotopic (exact) mass is 114 g/mol. The highest BCUT2D eigenvalue weighted by Gasteiger charge is 2.21. The van der Waals surface area contributed by atoms with E-state index in [-0.39, 0.29) is 0 Å². The maximum Gasteiger partial charge on any atom is 0.0596 e. The topological polar surface area (TPSA) is 9.23 Å². The predicted molar refractivity (Wildman–Crippen MR) is 33.8 cm³/mol. The maximum absolute atomic E-state index is 5.22. The van der Waals surface area contributed by atoms with Crippen LogP contribution < -0.4 is 0 Å². The molecule has 48 valence electrons. The summed E-state index contributed by atoms with van der Waals surface area (Å²) in [5.41, 5.74) is 0. The van der Waals surface area contributed by atoms with Crippen molar-refractivity contribution >= 4 is 0 Å². The molecule has 0 amide bonds. The first-order chi connectivity index (χ1) is 3.84. The van der Waals surface area contributed by atoms with Crippen molar-refractivity contribution in [1.82, 2.24) is 0 Å². The van der Waals surface area contributed by atoms with Crippen LogP contribution in [-0.4, -0.2) is 13.2 Å². The molecule has 1 unspecified atom stereocenters. The van der Waals surface area contributed by atoms with Crippen molar-refractivity contribution in [1.29, 1.82) is 0 Å². The van der Waals surface area contributed by atoms with Gasteiger partial charge in [-0.25, -0.2) is 0 Å². The number of rotatable bonds is 1. The molecule has 0 bridgehead atoms. The van der Waals surface area contributed by atoms with Crippen molar-refractivity contribution in [2.24, 2.45) is 5.92 Å². The van der Waals surface area contributed by atoms with Crippen LogP contribution in [-0.2, 0) is 4.74 Å². The Morgan fingerprint density at radius 2 is 2.12 bits per heavy atom. The van der Waals surface area contributed by atoms with E-state index in [4.69, 9.17) is 4.74 Å². The lowest BCUT2D eigenvalue weighted by Crippen LogP contribution is -2.12. The van der Waals surface area contributed by atoms with E-state index in [9.17, 15) is 0 Å². The van der Waals surface area contributed by atoms with Crippen LogP contribution in [0.5, 0.6) is 0 Å². The van der Waals surface area contributed by atoms with Gasteiger partial charge < -0.3 is 4.74 Å². The molecule has 0 heterocycles. The first kappa shape index (κ1) is 6.09. The highest BCUT2D eigenvalue weighted by Crippen LogP contribution is 2.26. The summed E-state index contributed by atoms with van der Waals surface area (Å²) in [7, 11) is 1.81. The first-order valence-electron chi connectivity index (χ1n) is 3.37. The summed E-state index contributed by atoms with van der Waals surface area (Å²) < 4.78 is 5.22. The second kappa shape index (κ2) is 2.49. The molecule has 0 radical (unpaired) electrons. The van der Waals surface area contributed by atoms with Crippen molar-refractivity contribution in [3.8, 4) is 0 Å². The van der Waals surface area contributed by atoms with Gasteiger partial charge in [-0.2, -0.15) is 0 Å². The van der Waals surface area contributed by atoms with Gasteiger partial charge in [-0.05, 0) is 18.8 Å². The highest BCUT2D eigenvalue weighted by atomic mass is 16.5. The number of hydrogen-bond donors (Lipinski definition) is 0. The minimum Gasteiger partial charge on any atom is -0.381 e. The Morgan fingerprint density at radius 1 is 1.38 bits per heavy atom. The molecule has 1 heteroatoms. The van der Waals surface area contributed by atoms with Gasteiger partial charge >= 0.3 is 0 Å². The van der Waals surface area contributed by atoms with Gasteiger partial charge in [0.2, 0.25) is 0 Å². The second-order valence-electron chi connectivity index (χ2n) is 2.68. The fourth-order valence-electron chi connectivity index (χ4n) is 1.46. The van der Waals surface area contributed by atoms with Gasteiger partial charge in [-0.3, -0.25) is 0 Å². The van der Waals surface area contributed by atoms with Gasteiger partial charge in [0.1, 0.15) is 0 Å². The third-order valence-electron chi connectivity index (χ3n) is 2.09. The molecule has 1 rings (SSSR count). The lowest BCUT2D eigenvalue weighted by atomic mass is 10.1. The summed E-state index contributed by atoms with van der Waals surface area (Å²) in [6.07, 6.45) is 4.56. The van der Waals surface area contributed by atoms with Crippen LogP contribution in [0, 0.1) is 5.92 Å². The quantitative estimate of drug-likeness (QED) is 0.505. The predicted octanol–water partition coefficient (Wildman–Crippen LogP) is 1.82. The molecule has 2 atom stereocenters. The molecule has 0 spiro atoms. The molecule has 1 saturated carbocycles. The van der Waals surface area contributed by atoms with E-state index in [1.807, 2.05) is 7.11 Å². The molecule has 0 saturated heterocycles. The van der Waals surface area contributed by atoms with E-state index in [0.717, 1.165) is 5.92 Å². The van der Waals surface area contributed by atoms with E-state index in [1.165, 1.54) is 19.3 Å². The molecule has 0 aliphatic heterocycles. The zero-order valence-corrected chi connectivity index (χ0v) is 5.68. The molecule has 0 aromatic rings. The lowest BCUT2D eigenvalue weighted by Gasteiger charge is -2.11. The van der Waals surface area contributed by atoms with E-state index in [1.54, 1.807) is 0 Å². The smallest absolute Gasteiger partial charge is 0.0596 e. The van der Waals surface area contributed by atoms with E-state index in [0.29, 0.717) is 6.10 Å². The average molecular weight is 114 g/mol. The van der Waals surface area contributed by atoms with Crippen LogP contribution in [0.1, 0.15) is 26.2 Å². The molecule has 1 nitrogen and oxygen atoms in total. The summed E-state index contributed by atoms with van der Waals surface area (Å²) in [5.74, 6) is 0.806. The van der Waals surface area contributed by atoms with Crippen LogP contribution in [0.15, 0.2) is 0 Å². The van der Waals surface area contributed by atoms with E-state index < -0.39 is 0 Å². The van der Waals surface area contributed by atoms with Crippen molar-refractivity contribution in [3.05, 3.63) is 0 Å². The standard InChI is InChI=1S/C7H14O/c1-6-4-3-5-7(6)8-2/h6-7H,3-5H2,1-2H3/t6?,7-/m1/s1. The van der Waals surface area contributed by atoms with Gasteiger partial charge in [0.25, 0.3) is 0 Å². The zero-order chi connectivity index (χ0) is 5.98. The van der Waals surface area contributed by atoms with Crippen LogP contribution in [0.2, 0.25) is 0 Å². The number of methoxy groups -OCH3 is 1. The first-order valence-corrected chi connectivity index (χ1v) is 3.37. The molecule has 8 heavy (non-hydrogen) atoms. The fourth-order valence-corrected chi connectivity index (χ4v) is 1.46.